The quantitative estimate of drug-likeness (QED) is 0.603. The molecular weight excluding hydrogens is 222 g/mol. The molecule has 15 heavy (non-hydrogen) atoms. The van der Waals surface area contributed by atoms with E-state index in [1.807, 2.05) is 0 Å². The first-order valence-corrected chi connectivity index (χ1v) is 6.47. The predicted molar refractivity (Wildman–Crippen MR) is 53.4 cm³/mol. The van der Waals surface area contributed by atoms with Crippen LogP contribution in [-0.2, 0) is 10.1 Å². The van der Waals surface area contributed by atoms with E-state index in [0.29, 0.717) is 11.7 Å². The van der Waals surface area contributed by atoms with Crippen molar-refractivity contribution in [2.24, 2.45) is 5.41 Å². The molecule has 6 nitrogen and oxygen atoms in total. The van der Waals surface area contributed by atoms with Gasteiger partial charge >= 0.3 is 6.09 Å². The van der Waals surface area contributed by atoms with E-state index in [2.05, 4.69) is 0 Å². The Hall–Kier alpha value is -0.820. The maximum Gasteiger partial charge on any atom is 0.407 e. The van der Waals surface area contributed by atoms with Crippen molar-refractivity contribution in [1.29, 1.82) is 0 Å². The summed E-state index contributed by atoms with van der Waals surface area (Å²) in [6, 6.07) is 0. The standard InChI is InChI=1S/C7H11NO2.CH4O3S/c9-6(10)8-4-7(5-8)2-1-3-7;1-5(2,3)4/h1-5H2,(H,9,10);1H3,(H,2,3,4). The summed E-state index contributed by atoms with van der Waals surface area (Å²) in [5.74, 6) is 0. The molecule has 0 unspecified atom stereocenters. The molecule has 1 spiro atoms. The fraction of sp³-hybridized carbons (Fsp3) is 0.875. The molecule has 1 aliphatic carbocycles. The largest absolute Gasteiger partial charge is 0.465 e. The van der Waals surface area contributed by atoms with Crippen molar-refractivity contribution in [3.8, 4) is 0 Å². The summed E-state index contributed by atoms with van der Waals surface area (Å²) in [6.45, 7) is 1.59. The Morgan fingerprint density at radius 1 is 1.33 bits per heavy atom. The van der Waals surface area contributed by atoms with Crippen LogP contribution in [0.3, 0.4) is 0 Å². The average molecular weight is 237 g/mol. The topological polar surface area (TPSA) is 94.9 Å². The first-order chi connectivity index (χ1) is 6.72. The first kappa shape index (κ1) is 12.3. The lowest BCUT2D eigenvalue weighted by atomic mass is 9.64. The second kappa shape index (κ2) is 3.97. The monoisotopic (exact) mass is 237 g/mol. The van der Waals surface area contributed by atoms with E-state index in [4.69, 9.17) is 9.66 Å². The average Bonchev–Trinajstić information content (AvgIpc) is 1.73. The van der Waals surface area contributed by atoms with E-state index in [1.54, 1.807) is 0 Å². The molecule has 0 aromatic carbocycles. The molecule has 0 aromatic heterocycles. The van der Waals surface area contributed by atoms with Gasteiger partial charge in [0.05, 0.1) is 6.26 Å². The number of amides is 1. The van der Waals surface area contributed by atoms with Crippen molar-refractivity contribution in [2.75, 3.05) is 19.3 Å². The third-order valence-corrected chi connectivity index (χ3v) is 2.74. The van der Waals surface area contributed by atoms with Crippen molar-refractivity contribution in [1.82, 2.24) is 4.90 Å². The molecule has 2 rings (SSSR count). The van der Waals surface area contributed by atoms with Crippen LogP contribution in [0.4, 0.5) is 4.79 Å². The van der Waals surface area contributed by atoms with E-state index >= 15 is 0 Å². The van der Waals surface area contributed by atoms with E-state index in [-0.39, 0.29) is 0 Å². The van der Waals surface area contributed by atoms with Gasteiger partial charge in [0.2, 0.25) is 0 Å². The highest BCUT2D eigenvalue weighted by Crippen LogP contribution is 2.47. The van der Waals surface area contributed by atoms with Gasteiger partial charge in [-0.2, -0.15) is 8.42 Å². The molecule has 1 saturated heterocycles. The fourth-order valence-corrected chi connectivity index (χ4v) is 1.89. The smallest absolute Gasteiger partial charge is 0.407 e. The Balaban J connectivity index is 0.000000195. The molecule has 0 atom stereocenters. The minimum absolute atomic E-state index is 0.443. The molecule has 0 bridgehead atoms. The second-order valence-electron chi connectivity index (χ2n) is 4.23. The number of hydrogen-bond donors (Lipinski definition) is 2. The Morgan fingerprint density at radius 2 is 1.73 bits per heavy atom. The van der Waals surface area contributed by atoms with E-state index in [1.165, 1.54) is 24.2 Å². The van der Waals surface area contributed by atoms with Crippen LogP contribution in [0.5, 0.6) is 0 Å². The van der Waals surface area contributed by atoms with Crippen molar-refractivity contribution >= 4 is 16.2 Å². The number of carbonyl (C=O) groups is 1. The number of nitrogens with zero attached hydrogens (tertiary/aromatic N) is 1. The predicted octanol–water partition coefficient (Wildman–Crippen LogP) is 0.654. The molecule has 1 heterocycles. The molecule has 0 radical (unpaired) electrons. The zero-order valence-electron chi connectivity index (χ0n) is 8.51. The number of hydrogen-bond acceptors (Lipinski definition) is 3. The Bertz CT molecular complexity index is 330. The fourth-order valence-electron chi connectivity index (χ4n) is 1.89. The zero-order valence-corrected chi connectivity index (χ0v) is 9.33. The summed E-state index contributed by atoms with van der Waals surface area (Å²) < 4.78 is 25.9. The molecular formula is C8H15NO5S. The van der Waals surface area contributed by atoms with Crippen molar-refractivity contribution in [3.63, 3.8) is 0 Å². The lowest BCUT2D eigenvalue weighted by Gasteiger charge is -2.54. The van der Waals surface area contributed by atoms with Crippen LogP contribution >= 0.6 is 0 Å². The Morgan fingerprint density at radius 3 is 1.93 bits per heavy atom. The van der Waals surface area contributed by atoms with Gasteiger partial charge < -0.3 is 10.0 Å². The van der Waals surface area contributed by atoms with Crippen molar-refractivity contribution in [2.45, 2.75) is 19.3 Å². The summed E-state index contributed by atoms with van der Waals surface area (Å²) in [6.07, 6.45) is 3.76. The molecule has 88 valence electrons. The normalized spacial score (nSPS) is 22.1. The van der Waals surface area contributed by atoms with Crippen molar-refractivity contribution < 1.29 is 22.9 Å². The van der Waals surface area contributed by atoms with Crippen LogP contribution in [0.15, 0.2) is 0 Å². The van der Waals surface area contributed by atoms with Crippen LogP contribution in [0.1, 0.15) is 19.3 Å². The highest BCUT2D eigenvalue weighted by Gasteiger charge is 2.48. The molecule has 7 heteroatoms. The number of rotatable bonds is 0. The van der Waals surface area contributed by atoms with E-state index < -0.39 is 16.2 Å². The lowest BCUT2D eigenvalue weighted by Crippen LogP contribution is -2.61. The third-order valence-electron chi connectivity index (χ3n) is 2.74. The minimum Gasteiger partial charge on any atom is -0.465 e. The summed E-state index contributed by atoms with van der Waals surface area (Å²) in [7, 11) is -3.67. The summed E-state index contributed by atoms with van der Waals surface area (Å²) in [5, 5.41) is 8.51. The number of likely N-dealkylation sites (tertiary alicyclic amines) is 1. The van der Waals surface area contributed by atoms with E-state index in [0.717, 1.165) is 13.1 Å². The lowest BCUT2D eigenvalue weighted by molar-refractivity contribution is -0.0450. The third kappa shape index (κ3) is 3.67. The minimum atomic E-state index is -3.67. The molecule has 1 aliphatic heterocycles. The summed E-state index contributed by atoms with van der Waals surface area (Å²) in [4.78, 5) is 11.8. The molecule has 0 aromatic rings. The van der Waals surface area contributed by atoms with Gasteiger partial charge in [0.15, 0.2) is 0 Å². The Labute approximate surface area is 88.6 Å². The molecule has 1 amide bonds. The van der Waals surface area contributed by atoms with Gasteiger partial charge in [-0.3, -0.25) is 4.55 Å². The maximum absolute atomic E-state index is 10.3. The summed E-state index contributed by atoms with van der Waals surface area (Å²) in [5.41, 5.74) is 0.443. The van der Waals surface area contributed by atoms with Crippen LogP contribution < -0.4 is 0 Å². The number of carboxylic acid groups (broad SMARTS) is 1. The van der Waals surface area contributed by atoms with Gasteiger partial charge in [-0.05, 0) is 12.8 Å². The summed E-state index contributed by atoms with van der Waals surface area (Å²) >= 11 is 0. The van der Waals surface area contributed by atoms with Gasteiger partial charge in [-0.1, -0.05) is 6.42 Å². The van der Waals surface area contributed by atoms with Crippen LogP contribution in [-0.4, -0.2) is 48.4 Å². The maximum atomic E-state index is 10.3. The molecule has 1 saturated carbocycles. The highest BCUT2D eigenvalue weighted by atomic mass is 32.2. The van der Waals surface area contributed by atoms with Gasteiger partial charge in [-0.25, -0.2) is 4.79 Å². The zero-order chi connectivity index (χ0) is 11.7. The van der Waals surface area contributed by atoms with Crippen LogP contribution in [0, 0.1) is 5.41 Å². The first-order valence-electron chi connectivity index (χ1n) is 4.62. The molecule has 2 aliphatic rings. The second-order valence-corrected chi connectivity index (χ2v) is 5.69. The van der Waals surface area contributed by atoms with Gasteiger partial charge in [0, 0.05) is 18.5 Å². The van der Waals surface area contributed by atoms with E-state index in [9.17, 15) is 13.2 Å². The van der Waals surface area contributed by atoms with Crippen molar-refractivity contribution in [3.05, 3.63) is 0 Å². The molecule has 2 fully saturated rings. The van der Waals surface area contributed by atoms with Gasteiger partial charge in [0.25, 0.3) is 10.1 Å². The highest BCUT2D eigenvalue weighted by molar-refractivity contribution is 7.85. The van der Waals surface area contributed by atoms with Gasteiger partial charge in [-0.15, -0.1) is 0 Å². The SMILES string of the molecule is CS(=O)(=O)O.O=C(O)N1CC2(CCC2)C1. The molecule has 2 N–H and O–H groups in total. The van der Waals surface area contributed by atoms with Gasteiger partial charge in [0.1, 0.15) is 0 Å². The van der Waals surface area contributed by atoms with Crippen LogP contribution in [0.2, 0.25) is 0 Å². The Kier molecular flexibility index (Phi) is 3.25. The van der Waals surface area contributed by atoms with Crippen LogP contribution in [0.25, 0.3) is 0 Å².